The molecule has 5 heteroatoms. The molecular formula is C20H23FN2O2. The lowest BCUT2D eigenvalue weighted by molar-refractivity contribution is 0.124. The van der Waals surface area contributed by atoms with Gasteiger partial charge in [-0.1, -0.05) is 42.5 Å². The number of benzene rings is 2. The fourth-order valence-corrected chi connectivity index (χ4v) is 3.70. The molecule has 0 unspecified atom stereocenters. The molecule has 0 aliphatic carbocycles. The van der Waals surface area contributed by atoms with Crippen LogP contribution in [0.4, 0.5) is 9.18 Å². The Morgan fingerprint density at radius 1 is 1.16 bits per heavy atom. The highest BCUT2D eigenvalue weighted by Gasteiger charge is 2.38. The van der Waals surface area contributed by atoms with E-state index in [1.54, 1.807) is 12.1 Å². The van der Waals surface area contributed by atoms with Crippen LogP contribution >= 0.6 is 0 Å². The zero-order valence-electron chi connectivity index (χ0n) is 14.3. The third-order valence-corrected chi connectivity index (χ3v) is 4.90. The van der Waals surface area contributed by atoms with Crippen LogP contribution in [0.2, 0.25) is 0 Å². The number of nitrogens with zero attached hydrogens (tertiary/aromatic N) is 2. The highest BCUT2D eigenvalue weighted by Crippen LogP contribution is 2.32. The summed E-state index contributed by atoms with van der Waals surface area (Å²) < 4.78 is 13.3. The van der Waals surface area contributed by atoms with Gasteiger partial charge in [0.05, 0.1) is 6.04 Å². The number of carbonyl (C=O) groups is 1. The first-order valence-corrected chi connectivity index (χ1v) is 8.59. The van der Waals surface area contributed by atoms with Crippen LogP contribution in [0.5, 0.6) is 0 Å². The Morgan fingerprint density at radius 2 is 1.84 bits per heavy atom. The summed E-state index contributed by atoms with van der Waals surface area (Å²) in [6.45, 7) is 4.52. The molecule has 3 rings (SSSR count). The van der Waals surface area contributed by atoms with Gasteiger partial charge in [0.25, 0.3) is 0 Å². The van der Waals surface area contributed by atoms with Crippen molar-refractivity contribution >= 4 is 6.09 Å². The fraction of sp³-hybridized carbons (Fsp3) is 0.350. The van der Waals surface area contributed by atoms with E-state index in [0.717, 1.165) is 18.7 Å². The van der Waals surface area contributed by atoms with E-state index in [2.05, 4.69) is 17.0 Å². The van der Waals surface area contributed by atoms with E-state index < -0.39 is 6.09 Å². The summed E-state index contributed by atoms with van der Waals surface area (Å²) >= 11 is 0. The molecule has 0 spiro atoms. The molecule has 2 aromatic carbocycles. The van der Waals surface area contributed by atoms with Crippen LogP contribution in [0.25, 0.3) is 0 Å². The maximum absolute atomic E-state index is 13.3. The number of hydrogen-bond donors (Lipinski definition) is 1. The molecule has 0 radical (unpaired) electrons. The van der Waals surface area contributed by atoms with Crippen LogP contribution in [0.15, 0.2) is 54.6 Å². The largest absolute Gasteiger partial charge is 0.465 e. The molecule has 4 nitrogen and oxygen atoms in total. The molecule has 1 heterocycles. The highest BCUT2D eigenvalue weighted by atomic mass is 19.1. The standard InChI is InChI=1S/C20H23FN2O2/c1-2-23(20(24)25)19-14-22(12-15-6-4-3-5-7-15)13-18(19)16-8-10-17(21)11-9-16/h3-11,18-19H,2,12-14H2,1H3,(H,24,25)/t18-,19+/m1/s1. The lowest BCUT2D eigenvalue weighted by Gasteiger charge is -2.29. The lowest BCUT2D eigenvalue weighted by atomic mass is 9.93. The first-order valence-electron chi connectivity index (χ1n) is 8.59. The Labute approximate surface area is 147 Å². The van der Waals surface area contributed by atoms with Gasteiger partial charge in [-0.05, 0) is 30.2 Å². The molecule has 1 N–H and O–H groups in total. The molecular weight excluding hydrogens is 319 g/mol. The number of likely N-dealkylation sites (tertiary alicyclic amines) is 1. The molecule has 1 aliphatic rings. The van der Waals surface area contributed by atoms with Crippen LogP contribution < -0.4 is 0 Å². The summed E-state index contributed by atoms with van der Waals surface area (Å²) in [5, 5.41) is 9.57. The van der Waals surface area contributed by atoms with Crippen LogP contribution in [-0.4, -0.2) is 46.7 Å². The third-order valence-electron chi connectivity index (χ3n) is 4.90. The van der Waals surface area contributed by atoms with Gasteiger partial charge in [0.2, 0.25) is 0 Å². The molecule has 1 amide bonds. The molecule has 2 atom stereocenters. The maximum Gasteiger partial charge on any atom is 0.407 e. The number of likely N-dealkylation sites (N-methyl/N-ethyl adjacent to an activating group) is 1. The fourth-order valence-electron chi connectivity index (χ4n) is 3.70. The third kappa shape index (κ3) is 3.99. The second-order valence-electron chi connectivity index (χ2n) is 6.47. The van der Waals surface area contributed by atoms with E-state index >= 15 is 0 Å². The van der Waals surface area contributed by atoms with Crippen molar-refractivity contribution in [3.63, 3.8) is 0 Å². The maximum atomic E-state index is 13.3. The molecule has 25 heavy (non-hydrogen) atoms. The van der Waals surface area contributed by atoms with Gasteiger partial charge in [-0.25, -0.2) is 9.18 Å². The number of amides is 1. The monoisotopic (exact) mass is 342 g/mol. The van der Waals surface area contributed by atoms with Gasteiger partial charge in [-0.15, -0.1) is 0 Å². The van der Waals surface area contributed by atoms with E-state index in [9.17, 15) is 14.3 Å². The molecule has 1 aliphatic heterocycles. The van der Waals surface area contributed by atoms with Crippen LogP contribution in [-0.2, 0) is 6.54 Å². The smallest absolute Gasteiger partial charge is 0.407 e. The summed E-state index contributed by atoms with van der Waals surface area (Å²) in [4.78, 5) is 15.4. The Balaban J connectivity index is 1.84. The van der Waals surface area contributed by atoms with Crippen molar-refractivity contribution < 1.29 is 14.3 Å². The number of hydrogen-bond acceptors (Lipinski definition) is 2. The topological polar surface area (TPSA) is 43.8 Å². The van der Waals surface area contributed by atoms with Gasteiger partial charge in [-0.3, -0.25) is 4.90 Å². The average molecular weight is 342 g/mol. The second-order valence-corrected chi connectivity index (χ2v) is 6.47. The first kappa shape index (κ1) is 17.4. The Morgan fingerprint density at radius 3 is 2.44 bits per heavy atom. The van der Waals surface area contributed by atoms with E-state index in [0.29, 0.717) is 13.1 Å². The average Bonchev–Trinajstić information content (AvgIpc) is 3.00. The summed E-state index contributed by atoms with van der Waals surface area (Å²) in [7, 11) is 0. The SMILES string of the molecule is CCN(C(=O)O)[C@H]1CN(Cc2ccccc2)C[C@@H]1c1ccc(F)cc1. The summed E-state index contributed by atoms with van der Waals surface area (Å²) in [6, 6.07) is 16.5. The molecule has 0 bridgehead atoms. The predicted molar refractivity (Wildman–Crippen MR) is 95.1 cm³/mol. The van der Waals surface area contributed by atoms with Gasteiger partial charge in [0.15, 0.2) is 0 Å². The van der Waals surface area contributed by atoms with Crippen LogP contribution in [0.3, 0.4) is 0 Å². The molecule has 0 aromatic heterocycles. The Kier molecular flexibility index (Phi) is 5.34. The minimum absolute atomic E-state index is 0.0420. The normalized spacial score (nSPS) is 20.6. The zero-order chi connectivity index (χ0) is 17.8. The van der Waals surface area contributed by atoms with Crippen molar-refractivity contribution in [2.24, 2.45) is 0 Å². The van der Waals surface area contributed by atoms with E-state index in [4.69, 9.17) is 0 Å². The molecule has 1 saturated heterocycles. The lowest BCUT2D eigenvalue weighted by Crippen LogP contribution is -2.43. The van der Waals surface area contributed by atoms with Gasteiger partial charge in [0, 0.05) is 32.1 Å². The molecule has 1 fully saturated rings. The van der Waals surface area contributed by atoms with Gasteiger partial charge >= 0.3 is 6.09 Å². The quantitative estimate of drug-likeness (QED) is 0.899. The summed E-state index contributed by atoms with van der Waals surface area (Å²) in [6.07, 6.45) is -0.902. The van der Waals surface area contributed by atoms with Crippen LogP contribution in [0, 0.1) is 5.82 Å². The van der Waals surface area contributed by atoms with Crippen molar-refractivity contribution in [2.45, 2.75) is 25.4 Å². The van der Waals surface area contributed by atoms with Gasteiger partial charge < -0.3 is 10.0 Å². The molecule has 132 valence electrons. The Hall–Kier alpha value is -2.40. The summed E-state index contributed by atoms with van der Waals surface area (Å²) in [5.74, 6) is -0.231. The minimum Gasteiger partial charge on any atom is -0.465 e. The van der Waals surface area contributed by atoms with Gasteiger partial charge in [0.1, 0.15) is 5.82 Å². The zero-order valence-corrected chi connectivity index (χ0v) is 14.3. The van der Waals surface area contributed by atoms with E-state index in [-0.39, 0.29) is 17.8 Å². The Bertz CT molecular complexity index is 705. The second kappa shape index (κ2) is 7.66. The minimum atomic E-state index is -0.902. The van der Waals surface area contributed by atoms with Crippen molar-refractivity contribution in [3.8, 4) is 0 Å². The number of carboxylic acid groups (broad SMARTS) is 1. The van der Waals surface area contributed by atoms with Crippen LogP contribution in [0.1, 0.15) is 24.0 Å². The van der Waals surface area contributed by atoms with Gasteiger partial charge in [-0.2, -0.15) is 0 Å². The van der Waals surface area contributed by atoms with Crippen molar-refractivity contribution in [1.29, 1.82) is 0 Å². The summed E-state index contributed by atoms with van der Waals surface area (Å²) in [5.41, 5.74) is 2.20. The number of halogens is 1. The van der Waals surface area contributed by atoms with Crippen molar-refractivity contribution in [3.05, 3.63) is 71.5 Å². The van der Waals surface area contributed by atoms with E-state index in [1.807, 2.05) is 25.1 Å². The molecule has 2 aromatic rings. The first-order chi connectivity index (χ1) is 12.1. The van der Waals surface area contributed by atoms with E-state index in [1.165, 1.54) is 22.6 Å². The molecule has 0 saturated carbocycles. The predicted octanol–water partition coefficient (Wildman–Crippen LogP) is 3.79. The number of rotatable bonds is 5. The van der Waals surface area contributed by atoms with Crippen molar-refractivity contribution in [2.75, 3.05) is 19.6 Å². The highest BCUT2D eigenvalue weighted by molar-refractivity contribution is 5.65. The van der Waals surface area contributed by atoms with Crippen molar-refractivity contribution in [1.82, 2.24) is 9.80 Å².